The number of carboxylic acid groups (broad SMARTS) is 1. The van der Waals surface area contributed by atoms with Gasteiger partial charge in [-0.05, 0) is 6.07 Å². The maximum Gasteiger partial charge on any atom is 0.305 e. The second kappa shape index (κ2) is 4.51. The standard InChI is InChI=1S/C10H7F2NO2/c11-7-1-2-8(9(12)4-7)6(5-13)3-10(14)15/h1-2,4,6H,3H2,(H,14,15). The summed E-state index contributed by atoms with van der Waals surface area (Å²) in [6.45, 7) is 0. The first-order valence-corrected chi connectivity index (χ1v) is 4.11. The fraction of sp³-hybridized carbons (Fsp3) is 0.200. The Kier molecular flexibility index (Phi) is 3.34. The smallest absolute Gasteiger partial charge is 0.305 e. The van der Waals surface area contributed by atoms with Crippen LogP contribution >= 0.6 is 0 Å². The highest BCUT2D eigenvalue weighted by Gasteiger charge is 2.18. The maximum absolute atomic E-state index is 13.2. The first-order valence-electron chi connectivity index (χ1n) is 4.11. The van der Waals surface area contributed by atoms with Gasteiger partial charge in [0.1, 0.15) is 11.6 Å². The average molecular weight is 211 g/mol. The van der Waals surface area contributed by atoms with Crippen molar-refractivity contribution >= 4 is 5.97 Å². The molecule has 5 heteroatoms. The average Bonchev–Trinajstić information content (AvgIpc) is 2.14. The van der Waals surface area contributed by atoms with Gasteiger partial charge in [-0.15, -0.1) is 0 Å². The van der Waals surface area contributed by atoms with Crippen molar-refractivity contribution in [1.82, 2.24) is 0 Å². The Bertz CT molecular complexity index is 426. The van der Waals surface area contributed by atoms with Crippen molar-refractivity contribution in [1.29, 1.82) is 5.26 Å². The first-order chi connectivity index (χ1) is 7.04. The highest BCUT2D eigenvalue weighted by atomic mass is 19.1. The summed E-state index contributed by atoms with van der Waals surface area (Å²) in [4.78, 5) is 10.4. The number of carboxylic acids is 1. The Balaban J connectivity index is 3.03. The van der Waals surface area contributed by atoms with E-state index in [1.165, 1.54) is 0 Å². The zero-order valence-electron chi connectivity index (χ0n) is 7.58. The molecule has 0 aliphatic heterocycles. The van der Waals surface area contributed by atoms with Gasteiger partial charge in [0.2, 0.25) is 0 Å². The number of aliphatic carboxylic acids is 1. The minimum atomic E-state index is -1.20. The van der Waals surface area contributed by atoms with Crippen molar-refractivity contribution in [3.05, 3.63) is 35.4 Å². The summed E-state index contributed by atoms with van der Waals surface area (Å²) in [6, 6.07) is 4.37. The molecule has 1 aromatic carbocycles. The van der Waals surface area contributed by atoms with Crippen molar-refractivity contribution in [2.24, 2.45) is 0 Å². The van der Waals surface area contributed by atoms with Gasteiger partial charge in [-0.2, -0.15) is 5.26 Å². The van der Waals surface area contributed by atoms with Gasteiger partial charge >= 0.3 is 5.97 Å². The van der Waals surface area contributed by atoms with E-state index in [1.807, 2.05) is 0 Å². The second-order valence-electron chi connectivity index (χ2n) is 2.95. The maximum atomic E-state index is 13.2. The number of carbonyl (C=O) groups is 1. The summed E-state index contributed by atoms with van der Waals surface area (Å²) in [7, 11) is 0. The van der Waals surface area contributed by atoms with Crippen LogP contribution < -0.4 is 0 Å². The number of hydrogen-bond acceptors (Lipinski definition) is 2. The lowest BCUT2D eigenvalue weighted by Gasteiger charge is -2.07. The molecule has 0 heterocycles. The zero-order valence-corrected chi connectivity index (χ0v) is 7.58. The van der Waals surface area contributed by atoms with Crippen molar-refractivity contribution < 1.29 is 18.7 Å². The number of hydrogen-bond donors (Lipinski definition) is 1. The number of halogens is 2. The van der Waals surface area contributed by atoms with Crippen LogP contribution in [0.5, 0.6) is 0 Å². The molecule has 0 aliphatic carbocycles. The van der Waals surface area contributed by atoms with Crippen molar-refractivity contribution in [3.8, 4) is 6.07 Å². The van der Waals surface area contributed by atoms with Crippen LogP contribution in [-0.2, 0) is 4.79 Å². The molecule has 0 amide bonds. The van der Waals surface area contributed by atoms with E-state index in [0.29, 0.717) is 6.07 Å². The predicted molar refractivity (Wildman–Crippen MR) is 47.0 cm³/mol. The van der Waals surface area contributed by atoms with Gasteiger partial charge in [0, 0.05) is 11.6 Å². The van der Waals surface area contributed by atoms with Crippen LogP contribution in [-0.4, -0.2) is 11.1 Å². The summed E-state index contributed by atoms with van der Waals surface area (Å²) in [6.07, 6.45) is -0.501. The molecule has 0 saturated heterocycles. The van der Waals surface area contributed by atoms with Gasteiger partial charge in [-0.25, -0.2) is 8.78 Å². The number of nitrogens with zero attached hydrogens (tertiary/aromatic N) is 1. The van der Waals surface area contributed by atoms with Crippen LogP contribution in [0.15, 0.2) is 18.2 Å². The van der Waals surface area contributed by atoms with Gasteiger partial charge in [0.05, 0.1) is 18.4 Å². The van der Waals surface area contributed by atoms with E-state index < -0.39 is 29.9 Å². The molecule has 0 fully saturated rings. The fourth-order valence-corrected chi connectivity index (χ4v) is 1.18. The normalized spacial score (nSPS) is 11.8. The summed E-state index contributed by atoms with van der Waals surface area (Å²) in [5.41, 5.74) is -0.0960. The second-order valence-corrected chi connectivity index (χ2v) is 2.95. The molecule has 1 unspecified atom stereocenters. The minimum absolute atomic E-state index is 0.0960. The summed E-state index contributed by atoms with van der Waals surface area (Å²) < 4.78 is 25.7. The van der Waals surface area contributed by atoms with Gasteiger partial charge in [-0.1, -0.05) is 6.07 Å². The lowest BCUT2D eigenvalue weighted by atomic mass is 9.97. The van der Waals surface area contributed by atoms with Crippen LogP contribution in [0.1, 0.15) is 17.9 Å². The molecule has 0 bridgehead atoms. The molecule has 0 saturated carbocycles. The van der Waals surface area contributed by atoms with E-state index in [9.17, 15) is 13.6 Å². The molecular formula is C10H7F2NO2. The number of benzene rings is 1. The van der Waals surface area contributed by atoms with Gasteiger partial charge in [-0.3, -0.25) is 4.79 Å². The summed E-state index contributed by atoms with van der Waals surface area (Å²) in [5, 5.41) is 17.1. The molecule has 1 N–H and O–H groups in total. The molecule has 1 aromatic rings. The minimum Gasteiger partial charge on any atom is -0.481 e. The Morgan fingerprint density at radius 2 is 2.20 bits per heavy atom. The van der Waals surface area contributed by atoms with Crippen LogP contribution in [0, 0.1) is 23.0 Å². The van der Waals surface area contributed by atoms with E-state index in [1.54, 1.807) is 6.07 Å². The van der Waals surface area contributed by atoms with Gasteiger partial charge in [0.25, 0.3) is 0 Å². The highest BCUT2D eigenvalue weighted by Crippen LogP contribution is 2.22. The predicted octanol–water partition coefficient (Wildman–Crippen LogP) is 2.05. The van der Waals surface area contributed by atoms with Crippen LogP contribution in [0.25, 0.3) is 0 Å². The number of nitriles is 1. The monoisotopic (exact) mass is 211 g/mol. The third kappa shape index (κ3) is 2.74. The van der Waals surface area contributed by atoms with Crippen molar-refractivity contribution in [2.75, 3.05) is 0 Å². The lowest BCUT2D eigenvalue weighted by Crippen LogP contribution is -2.06. The van der Waals surface area contributed by atoms with Crippen LogP contribution in [0.2, 0.25) is 0 Å². The molecule has 1 atom stereocenters. The topological polar surface area (TPSA) is 61.1 Å². The third-order valence-corrected chi connectivity index (χ3v) is 1.87. The molecule has 3 nitrogen and oxygen atoms in total. The Hall–Kier alpha value is -1.96. The Morgan fingerprint density at radius 3 is 2.67 bits per heavy atom. The highest BCUT2D eigenvalue weighted by molar-refractivity contribution is 5.68. The van der Waals surface area contributed by atoms with E-state index >= 15 is 0 Å². The Morgan fingerprint density at radius 1 is 1.53 bits per heavy atom. The summed E-state index contributed by atoms with van der Waals surface area (Å²) >= 11 is 0. The van der Waals surface area contributed by atoms with E-state index in [-0.39, 0.29) is 5.56 Å². The van der Waals surface area contributed by atoms with E-state index in [2.05, 4.69) is 0 Å². The van der Waals surface area contributed by atoms with Crippen LogP contribution in [0.4, 0.5) is 8.78 Å². The van der Waals surface area contributed by atoms with Crippen molar-refractivity contribution in [3.63, 3.8) is 0 Å². The van der Waals surface area contributed by atoms with Crippen molar-refractivity contribution in [2.45, 2.75) is 12.3 Å². The third-order valence-electron chi connectivity index (χ3n) is 1.87. The first kappa shape index (κ1) is 11.1. The summed E-state index contributed by atoms with van der Waals surface area (Å²) in [5.74, 6) is -3.96. The largest absolute Gasteiger partial charge is 0.481 e. The molecule has 78 valence electrons. The SMILES string of the molecule is N#CC(CC(=O)O)c1ccc(F)cc1F. The molecule has 0 spiro atoms. The Labute approximate surface area is 84.6 Å². The van der Waals surface area contributed by atoms with Crippen LogP contribution in [0.3, 0.4) is 0 Å². The van der Waals surface area contributed by atoms with Gasteiger partial charge in [0.15, 0.2) is 0 Å². The molecule has 0 radical (unpaired) electrons. The zero-order chi connectivity index (χ0) is 11.4. The molecule has 0 aliphatic rings. The quantitative estimate of drug-likeness (QED) is 0.832. The molecule has 0 aromatic heterocycles. The fourth-order valence-electron chi connectivity index (χ4n) is 1.18. The van der Waals surface area contributed by atoms with Gasteiger partial charge < -0.3 is 5.11 Å². The van der Waals surface area contributed by atoms with E-state index in [0.717, 1.165) is 12.1 Å². The molecule has 15 heavy (non-hydrogen) atoms. The molecular weight excluding hydrogens is 204 g/mol. The van der Waals surface area contributed by atoms with E-state index in [4.69, 9.17) is 10.4 Å². The molecule has 1 rings (SSSR count). The number of rotatable bonds is 3. The lowest BCUT2D eigenvalue weighted by molar-refractivity contribution is -0.137.